The molecule has 11 heteroatoms. The minimum Gasteiger partial charge on any atom is -0.379 e. The quantitative estimate of drug-likeness (QED) is 0.108. The summed E-state index contributed by atoms with van der Waals surface area (Å²) in [7, 11) is 6.94. The van der Waals surface area contributed by atoms with Crippen LogP contribution in [0, 0.1) is 35.5 Å². The number of amides is 3. The lowest BCUT2D eigenvalue weighted by Crippen LogP contribution is -2.54. The van der Waals surface area contributed by atoms with Gasteiger partial charge in [-0.25, -0.2) is 0 Å². The summed E-state index contributed by atoms with van der Waals surface area (Å²) < 4.78 is 12.1. The molecule has 58 heavy (non-hydrogen) atoms. The fraction of sp³-hybridized carbons (Fsp3) is 0.766. The summed E-state index contributed by atoms with van der Waals surface area (Å²) in [5.74, 6) is -1.93. The van der Waals surface area contributed by atoms with Crippen LogP contribution in [-0.2, 0) is 39.9 Å². The molecule has 1 heterocycles. The zero-order valence-corrected chi connectivity index (χ0v) is 38.6. The van der Waals surface area contributed by atoms with Crippen LogP contribution in [0.25, 0.3) is 0 Å². The molecule has 9 atom stereocenters. The van der Waals surface area contributed by atoms with Gasteiger partial charge in [0.1, 0.15) is 5.78 Å². The van der Waals surface area contributed by atoms with Crippen LogP contribution in [0.2, 0.25) is 0 Å². The van der Waals surface area contributed by atoms with Crippen LogP contribution in [0.4, 0.5) is 0 Å². The van der Waals surface area contributed by atoms with E-state index < -0.39 is 36.0 Å². The normalized spacial score (nSPS) is 18.8. The van der Waals surface area contributed by atoms with E-state index in [2.05, 4.69) is 51.8 Å². The molecule has 1 saturated heterocycles. The van der Waals surface area contributed by atoms with Crippen molar-refractivity contribution in [2.75, 3.05) is 41.4 Å². The summed E-state index contributed by atoms with van der Waals surface area (Å²) >= 11 is 0. The molecule has 0 bridgehead atoms. The summed E-state index contributed by atoms with van der Waals surface area (Å²) in [6, 6.07) is 8.89. The van der Waals surface area contributed by atoms with Gasteiger partial charge in [0.15, 0.2) is 5.78 Å². The first-order valence-corrected chi connectivity index (χ1v) is 22.1. The van der Waals surface area contributed by atoms with Crippen molar-refractivity contribution in [3.8, 4) is 0 Å². The van der Waals surface area contributed by atoms with E-state index in [4.69, 9.17) is 9.47 Å². The van der Waals surface area contributed by atoms with Gasteiger partial charge in [-0.1, -0.05) is 92.1 Å². The SMILES string of the molecule is CCCNC(=O)[C@@H](CC(=O)[C@H](C)[C@@H](OC)[C@@H]1CCCN1C(=O)C[C@@H](OC)[C@H]([C@@H](C)CC)N(C)C(=O)[C@@H](CC(=O)[C@H](C(C)C)N(C)C(C)C)C(C)C)Cc1ccccc1. The summed E-state index contributed by atoms with van der Waals surface area (Å²) in [6.45, 7) is 21.3. The van der Waals surface area contributed by atoms with Crippen molar-refractivity contribution in [1.82, 2.24) is 20.0 Å². The van der Waals surface area contributed by atoms with E-state index in [1.807, 2.05) is 70.0 Å². The Morgan fingerprint density at radius 3 is 2.00 bits per heavy atom. The average Bonchev–Trinajstić information content (AvgIpc) is 3.68. The van der Waals surface area contributed by atoms with Gasteiger partial charge in [0.05, 0.1) is 36.8 Å². The van der Waals surface area contributed by atoms with Gasteiger partial charge in [-0.15, -0.1) is 0 Å². The van der Waals surface area contributed by atoms with Gasteiger partial charge in [-0.3, -0.25) is 28.9 Å². The molecule has 1 aromatic carbocycles. The first-order valence-electron chi connectivity index (χ1n) is 22.1. The van der Waals surface area contributed by atoms with Crippen LogP contribution >= 0.6 is 0 Å². The second kappa shape index (κ2) is 24.8. The molecule has 1 aromatic rings. The number of nitrogens with one attached hydrogen (secondary N) is 1. The van der Waals surface area contributed by atoms with Gasteiger partial charge < -0.3 is 24.6 Å². The third-order valence-corrected chi connectivity index (χ3v) is 12.8. The zero-order valence-electron chi connectivity index (χ0n) is 38.6. The Labute approximate surface area is 351 Å². The fourth-order valence-electron chi connectivity index (χ4n) is 8.92. The first kappa shape index (κ1) is 51.0. The van der Waals surface area contributed by atoms with Crippen molar-refractivity contribution in [3.05, 3.63) is 35.9 Å². The molecule has 0 saturated carbocycles. The maximum atomic E-state index is 14.5. The monoisotopic (exact) mass is 813 g/mol. The van der Waals surface area contributed by atoms with Crippen LogP contribution in [0.3, 0.4) is 0 Å². The highest BCUT2D eigenvalue weighted by molar-refractivity contribution is 5.90. The molecule has 0 radical (unpaired) electrons. The second-order valence-electron chi connectivity index (χ2n) is 17.9. The smallest absolute Gasteiger partial charge is 0.226 e. The summed E-state index contributed by atoms with van der Waals surface area (Å²) in [5, 5.41) is 2.98. The molecule has 0 spiro atoms. The Morgan fingerprint density at radius 1 is 0.845 bits per heavy atom. The Kier molecular flexibility index (Phi) is 21.8. The van der Waals surface area contributed by atoms with Gasteiger partial charge in [-0.2, -0.15) is 0 Å². The molecule has 1 aliphatic rings. The Bertz CT molecular complexity index is 1440. The minimum atomic E-state index is -0.600. The zero-order chi connectivity index (χ0) is 43.9. The molecule has 2 rings (SSSR count). The van der Waals surface area contributed by atoms with Crippen molar-refractivity contribution >= 4 is 29.3 Å². The number of ether oxygens (including phenoxy) is 2. The number of likely N-dealkylation sites (N-methyl/N-ethyl adjacent to an activating group) is 2. The number of methoxy groups -OCH3 is 2. The first-order chi connectivity index (χ1) is 27.4. The maximum absolute atomic E-state index is 14.5. The number of rotatable bonds is 26. The molecule has 1 aliphatic heterocycles. The number of likely N-dealkylation sites (tertiary alicyclic amines) is 1. The maximum Gasteiger partial charge on any atom is 0.226 e. The Morgan fingerprint density at radius 2 is 1.48 bits per heavy atom. The number of carbonyl (C=O) groups excluding carboxylic acids is 5. The van der Waals surface area contributed by atoms with Crippen LogP contribution in [0.5, 0.6) is 0 Å². The molecule has 330 valence electrons. The molecule has 0 aromatic heterocycles. The van der Waals surface area contributed by atoms with E-state index in [1.165, 1.54) is 0 Å². The number of Topliss-reactive ketones (excluding diaryl/α,β-unsaturated/α-hetero) is 2. The topological polar surface area (TPSA) is 126 Å². The van der Waals surface area contributed by atoms with Crippen LogP contribution in [0.15, 0.2) is 30.3 Å². The van der Waals surface area contributed by atoms with Crippen LogP contribution in [0.1, 0.15) is 120 Å². The van der Waals surface area contributed by atoms with Crippen LogP contribution in [-0.4, -0.2) is 122 Å². The minimum absolute atomic E-state index is 0.00259. The molecular formula is C47H80N4O7. The van der Waals surface area contributed by atoms with Gasteiger partial charge in [0.25, 0.3) is 0 Å². The van der Waals surface area contributed by atoms with Gasteiger partial charge in [-0.05, 0) is 69.9 Å². The number of hydrogen-bond donors (Lipinski definition) is 1. The number of hydrogen-bond acceptors (Lipinski definition) is 8. The van der Waals surface area contributed by atoms with E-state index in [1.54, 1.807) is 26.2 Å². The summed E-state index contributed by atoms with van der Waals surface area (Å²) in [4.78, 5) is 75.6. The highest BCUT2D eigenvalue weighted by Gasteiger charge is 2.43. The van der Waals surface area contributed by atoms with E-state index in [0.29, 0.717) is 25.9 Å². The predicted octanol–water partition coefficient (Wildman–Crippen LogP) is 6.85. The highest BCUT2D eigenvalue weighted by Crippen LogP contribution is 2.32. The molecule has 0 aliphatic carbocycles. The average molecular weight is 813 g/mol. The highest BCUT2D eigenvalue weighted by atomic mass is 16.5. The van der Waals surface area contributed by atoms with Gasteiger partial charge in [0, 0.05) is 71.0 Å². The fourth-order valence-corrected chi connectivity index (χ4v) is 8.92. The molecule has 0 unspecified atom stereocenters. The predicted molar refractivity (Wildman–Crippen MR) is 232 cm³/mol. The Balaban J connectivity index is 2.31. The standard InChI is InChI=1S/C47H80N4O7/c1-15-24-48-46(55)36(26-35-21-18-17-19-22-35)27-39(52)34(10)45(58-14)38-23-20-25-51(38)42(54)29-41(57-13)44(33(9)16-2)50(12)47(56)37(30(3)4)28-40(53)43(31(5)6)49(11)32(7)8/h17-19,21-22,30-34,36-38,41,43-45H,15-16,20,23-29H2,1-14H3,(H,48,55)/t33-,34-,36+,37-,38-,41+,43-,44-,45+/m0/s1. The van der Waals surface area contributed by atoms with E-state index in [0.717, 1.165) is 24.8 Å². The van der Waals surface area contributed by atoms with Crippen molar-refractivity contribution in [1.29, 1.82) is 0 Å². The number of benzene rings is 1. The van der Waals surface area contributed by atoms with Gasteiger partial charge >= 0.3 is 0 Å². The molecular weight excluding hydrogens is 733 g/mol. The third kappa shape index (κ3) is 14.0. The lowest BCUT2D eigenvalue weighted by atomic mass is 9.83. The third-order valence-electron chi connectivity index (χ3n) is 12.8. The lowest BCUT2D eigenvalue weighted by Gasteiger charge is -2.41. The molecule has 11 nitrogen and oxygen atoms in total. The van der Waals surface area contributed by atoms with Crippen molar-refractivity contribution in [2.45, 2.75) is 157 Å². The largest absolute Gasteiger partial charge is 0.379 e. The van der Waals surface area contributed by atoms with E-state index in [-0.39, 0.29) is 84.4 Å². The van der Waals surface area contributed by atoms with Crippen molar-refractivity contribution in [3.63, 3.8) is 0 Å². The summed E-state index contributed by atoms with van der Waals surface area (Å²) in [6.07, 6.45) is 2.58. The second-order valence-corrected chi connectivity index (χ2v) is 17.9. The summed E-state index contributed by atoms with van der Waals surface area (Å²) in [5.41, 5.74) is 0.994. The lowest BCUT2D eigenvalue weighted by molar-refractivity contribution is -0.149. The van der Waals surface area contributed by atoms with Gasteiger partial charge in [0.2, 0.25) is 17.7 Å². The molecule has 1 fully saturated rings. The number of nitrogens with zero attached hydrogens (tertiary/aromatic N) is 3. The van der Waals surface area contributed by atoms with Crippen LogP contribution < -0.4 is 5.32 Å². The molecule has 3 amide bonds. The van der Waals surface area contributed by atoms with E-state index in [9.17, 15) is 24.0 Å². The van der Waals surface area contributed by atoms with Crippen molar-refractivity contribution < 1.29 is 33.4 Å². The number of ketones is 2. The van der Waals surface area contributed by atoms with Crippen molar-refractivity contribution in [2.24, 2.45) is 35.5 Å². The molecule has 1 N–H and O–H groups in total. The number of carbonyl (C=O) groups is 5. The Hall–Kier alpha value is -3.15. The van der Waals surface area contributed by atoms with E-state index >= 15 is 0 Å².